The first-order valence-corrected chi connectivity index (χ1v) is 18.9. The number of hydrogen-bond acceptors (Lipinski definition) is 4. The molecule has 0 aromatic heterocycles. The van der Waals surface area contributed by atoms with Crippen molar-refractivity contribution in [2.24, 2.45) is 0 Å². The Morgan fingerprint density at radius 2 is 0.742 bits per heavy atom. The van der Waals surface area contributed by atoms with Crippen LogP contribution in [0.4, 0.5) is 0 Å². The van der Waals surface area contributed by atoms with Gasteiger partial charge in [0, 0.05) is 0 Å². The summed E-state index contributed by atoms with van der Waals surface area (Å²) in [5, 5.41) is 0. The van der Waals surface area contributed by atoms with Crippen LogP contribution >= 0.6 is 0 Å². The second-order valence-electron chi connectivity index (χ2n) is 11.2. The van der Waals surface area contributed by atoms with Gasteiger partial charge in [-0.1, -0.05) is 107 Å². The van der Waals surface area contributed by atoms with Gasteiger partial charge in [-0.3, -0.25) is 9.11 Å². The van der Waals surface area contributed by atoms with Crippen LogP contribution in [0.1, 0.15) is 90.0 Å². The average molecular weight is 517 g/mol. The zero-order chi connectivity index (χ0) is 25.5. The fraction of sp³-hybridized carbons (Fsp3) is 1.00. The molecule has 6 nitrogen and oxygen atoms in total. The molecule has 0 amide bonds. The summed E-state index contributed by atoms with van der Waals surface area (Å²) < 4.78 is 73.2. The van der Waals surface area contributed by atoms with E-state index in [1.54, 1.807) is 6.92 Å². The molecule has 0 aromatic rings. The van der Waals surface area contributed by atoms with E-state index in [0.29, 0.717) is 0 Å². The van der Waals surface area contributed by atoms with Gasteiger partial charge in [0.1, 0.15) is 8.07 Å². The highest BCUT2D eigenvalue weighted by Crippen LogP contribution is 2.64. The van der Waals surface area contributed by atoms with Gasteiger partial charge < -0.3 is 0 Å². The van der Waals surface area contributed by atoms with Gasteiger partial charge in [0.05, 0.1) is 8.07 Å². The molecule has 0 aliphatic carbocycles. The standard InChI is InChI=1S/C21H48O6S2Si2/c1-14(2)30(15(3)4,16(5)6)20(13)21(28(22,23)24,29(25,26)27)31(17(7)8,18(9)10)19(11)12/h14-20H,1-13H3,(H,22,23,24)(H,25,26,27). The molecule has 0 radical (unpaired) electrons. The first kappa shape index (κ1) is 31.3. The average Bonchev–Trinajstić information content (AvgIpc) is 2.47. The van der Waals surface area contributed by atoms with Crippen molar-refractivity contribution in [3.63, 3.8) is 0 Å². The third-order valence-electron chi connectivity index (χ3n) is 8.56. The second-order valence-corrected chi connectivity index (χ2v) is 27.8. The normalized spacial score (nSPS) is 16.4. The van der Waals surface area contributed by atoms with Crippen LogP contribution in [0.2, 0.25) is 38.8 Å². The van der Waals surface area contributed by atoms with E-state index >= 15 is 0 Å². The van der Waals surface area contributed by atoms with Gasteiger partial charge in [-0.2, -0.15) is 16.8 Å². The van der Waals surface area contributed by atoms with E-state index in [9.17, 15) is 25.9 Å². The third kappa shape index (κ3) is 4.26. The first-order valence-electron chi connectivity index (χ1n) is 11.5. The Bertz CT molecular complexity index is 739. The molecule has 0 aromatic carbocycles. The predicted molar refractivity (Wildman–Crippen MR) is 137 cm³/mol. The molecule has 188 valence electrons. The van der Waals surface area contributed by atoms with Crippen molar-refractivity contribution in [2.75, 3.05) is 0 Å². The van der Waals surface area contributed by atoms with Crippen molar-refractivity contribution in [3.05, 3.63) is 0 Å². The molecule has 0 fully saturated rings. The first-order chi connectivity index (χ1) is 13.6. The van der Waals surface area contributed by atoms with Crippen LogP contribution in [0.15, 0.2) is 0 Å². The van der Waals surface area contributed by atoms with Crippen molar-refractivity contribution < 1.29 is 25.9 Å². The lowest BCUT2D eigenvalue weighted by Gasteiger charge is -2.60. The number of rotatable bonds is 11. The molecule has 1 unspecified atom stereocenters. The quantitative estimate of drug-likeness (QED) is 0.232. The lowest BCUT2D eigenvalue weighted by molar-refractivity contribution is 0.432. The van der Waals surface area contributed by atoms with Crippen molar-refractivity contribution in [1.82, 2.24) is 0 Å². The summed E-state index contributed by atoms with van der Waals surface area (Å²) in [6.07, 6.45) is 0. The van der Waals surface area contributed by atoms with E-state index in [1.165, 1.54) is 0 Å². The minimum Gasteiger partial charge on any atom is -0.285 e. The Kier molecular flexibility index (Phi) is 9.94. The molecule has 10 heteroatoms. The van der Waals surface area contributed by atoms with Crippen LogP contribution in [0.25, 0.3) is 0 Å². The van der Waals surface area contributed by atoms with E-state index in [-0.39, 0.29) is 33.2 Å². The highest BCUT2D eigenvalue weighted by atomic mass is 32.3. The van der Waals surface area contributed by atoms with E-state index in [4.69, 9.17) is 0 Å². The monoisotopic (exact) mass is 516 g/mol. The molecule has 0 spiro atoms. The zero-order valence-corrected chi connectivity index (χ0v) is 25.5. The largest absolute Gasteiger partial charge is 0.285 e. The molecule has 1 atom stereocenters. The minimum atomic E-state index is -5.20. The fourth-order valence-corrected chi connectivity index (χ4v) is 36.7. The van der Waals surface area contributed by atoms with Crippen LogP contribution in [0.5, 0.6) is 0 Å². The highest BCUT2D eigenvalue weighted by molar-refractivity contribution is 8.08. The highest BCUT2D eigenvalue weighted by Gasteiger charge is 2.77. The summed E-state index contributed by atoms with van der Waals surface area (Å²) in [6, 6.07) is 0. The third-order valence-corrected chi connectivity index (χ3v) is 31.7. The molecule has 2 N–H and O–H groups in total. The summed E-state index contributed by atoms with van der Waals surface area (Å²) in [5.41, 5.74) is -1.69. The molecule has 0 heterocycles. The van der Waals surface area contributed by atoms with Crippen molar-refractivity contribution in [1.29, 1.82) is 0 Å². The lowest BCUT2D eigenvalue weighted by atomic mass is 10.5. The van der Waals surface area contributed by atoms with Gasteiger partial charge in [0.2, 0.25) is 3.70 Å². The van der Waals surface area contributed by atoms with E-state index in [0.717, 1.165) is 0 Å². The molecular weight excluding hydrogens is 469 g/mol. The van der Waals surface area contributed by atoms with Gasteiger partial charge in [0.25, 0.3) is 20.2 Å². The second kappa shape index (κ2) is 9.86. The summed E-state index contributed by atoms with van der Waals surface area (Å²) in [4.78, 5) is 0. The maximum absolute atomic E-state index is 13.5. The van der Waals surface area contributed by atoms with E-state index in [2.05, 4.69) is 0 Å². The topological polar surface area (TPSA) is 109 Å². The van der Waals surface area contributed by atoms with Gasteiger partial charge in [-0.25, -0.2) is 0 Å². The van der Waals surface area contributed by atoms with Crippen LogP contribution in [0, 0.1) is 0 Å². The summed E-state index contributed by atoms with van der Waals surface area (Å²) in [6.45, 7) is 25.0. The van der Waals surface area contributed by atoms with Crippen molar-refractivity contribution in [3.8, 4) is 0 Å². The van der Waals surface area contributed by atoms with E-state index < -0.39 is 45.6 Å². The maximum Gasteiger partial charge on any atom is 0.284 e. The molecule has 0 rings (SSSR count). The molecule has 0 aliphatic rings. The van der Waals surface area contributed by atoms with Gasteiger partial charge in [-0.15, -0.1) is 0 Å². The zero-order valence-electron chi connectivity index (χ0n) is 21.9. The van der Waals surface area contributed by atoms with Gasteiger partial charge in [-0.05, 0) is 22.2 Å². The Hall–Kier alpha value is 0.254. The summed E-state index contributed by atoms with van der Waals surface area (Å²) in [5.74, 6) is 0. The smallest absolute Gasteiger partial charge is 0.284 e. The molecule has 31 heavy (non-hydrogen) atoms. The van der Waals surface area contributed by atoms with Crippen LogP contribution in [-0.4, -0.2) is 45.8 Å². The van der Waals surface area contributed by atoms with Gasteiger partial charge in [0.15, 0.2) is 0 Å². The maximum atomic E-state index is 13.5. The summed E-state index contributed by atoms with van der Waals surface area (Å²) in [7, 11) is -16.7. The SMILES string of the molecule is CC(C)[Si](C(C)C)(C(C)C)C(C)C([Si](C(C)C)(C(C)C)C(C)C)(S(=O)(=O)O)S(=O)(=O)O. The Morgan fingerprint density at radius 3 is 0.871 bits per heavy atom. The summed E-state index contributed by atoms with van der Waals surface area (Å²) >= 11 is 0. The molecular formula is C21H48O6S2Si2. The molecule has 0 aliphatic heterocycles. The molecule has 0 bridgehead atoms. The minimum absolute atomic E-state index is 0.0450. The Balaban J connectivity index is 8.39. The Morgan fingerprint density at radius 1 is 0.516 bits per heavy atom. The lowest BCUT2D eigenvalue weighted by Crippen LogP contribution is -2.76. The molecule has 0 saturated carbocycles. The van der Waals surface area contributed by atoms with E-state index in [1.807, 2.05) is 83.1 Å². The van der Waals surface area contributed by atoms with Crippen LogP contribution < -0.4 is 0 Å². The van der Waals surface area contributed by atoms with Crippen LogP contribution in [0.3, 0.4) is 0 Å². The van der Waals surface area contributed by atoms with Crippen molar-refractivity contribution in [2.45, 2.75) is 132 Å². The number of hydrogen-bond donors (Lipinski definition) is 2. The predicted octanol–water partition coefficient (Wildman–Crippen LogP) is 6.75. The van der Waals surface area contributed by atoms with Gasteiger partial charge >= 0.3 is 0 Å². The van der Waals surface area contributed by atoms with Crippen molar-refractivity contribution >= 4 is 36.4 Å². The fourth-order valence-electron chi connectivity index (χ4n) is 8.44. The van der Waals surface area contributed by atoms with Crippen LogP contribution in [-0.2, 0) is 20.2 Å². The Labute approximate surface area is 194 Å². The molecule has 0 saturated heterocycles.